The Hall–Kier alpha value is -1.97. The summed E-state index contributed by atoms with van der Waals surface area (Å²) in [5.74, 6) is 0.0864. The first-order chi connectivity index (χ1) is 23.3. The van der Waals surface area contributed by atoms with E-state index in [9.17, 15) is 14.0 Å². The highest BCUT2D eigenvalue weighted by Gasteiger charge is 2.47. The van der Waals surface area contributed by atoms with Crippen molar-refractivity contribution in [1.82, 2.24) is 14.7 Å². The normalized spacial score (nSPS) is 22.6. The third-order valence-corrected chi connectivity index (χ3v) is 18.5. The number of benzene rings is 2. The highest BCUT2D eigenvalue weighted by Crippen LogP contribution is 2.45. The molecular formula is C39H56Cl2FN3O3Si. The number of hydrogen-bond acceptors (Lipinski definition) is 4. The molecule has 1 atom stereocenters. The molecule has 0 radical (unpaired) electrons. The van der Waals surface area contributed by atoms with Gasteiger partial charge in [0.25, 0.3) is 5.91 Å². The minimum absolute atomic E-state index is 0.0124. The number of rotatable bonds is 12. The maximum absolute atomic E-state index is 13.7. The van der Waals surface area contributed by atoms with E-state index >= 15 is 0 Å². The second-order valence-corrected chi connectivity index (χ2v) is 21.6. The number of carbonyl (C=O) groups is 2. The highest BCUT2D eigenvalue weighted by molar-refractivity contribution is 6.77. The van der Waals surface area contributed by atoms with E-state index in [4.69, 9.17) is 27.6 Å². The van der Waals surface area contributed by atoms with Crippen LogP contribution in [0.4, 0.5) is 4.39 Å². The first-order valence-electron chi connectivity index (χ1n) is 18.5. The van der Waals surface area contributed by atoms with Crippen molar-refractivity contribution in [3.63, 3.8) is 0 Å². The van der Waals surface area contributed by atoms with Crippen LogP contribution in [0, 0.1) is 5.92 Å². The minimum atomic E-state index is -1.92. The van der Waals surface area contributed by atoms with Crippen LogP contribution in [-0.4, -0.2) is 92.9 Å². The first kappa shape index (κ1) is 38.3. The lowest BCUT2D eigenvalue weighted by atomic mass is 9.92. The van der Waals surface area contributed by atoms with E-state index in [1.165, 1.54) is 0 Å². The quantitative estimate of drug-likeness (QED) is 0.204. The summed E-state index contributed by atoms with van der Waals surface area (Å²) < 4.78 is 19.8. The average molecular weight is 733 g/mol. The van der Waals surface area contributed by atoms with Crippen molar-refractivity contribution >= 4 is 43.3 Å². The fourth-order valence-electron chi connectivity index (χ4n) is 8.98. The molecule has 5 rings (SSSR count). The first-order valence-corrected chi connectivity index (χ1v) is 21.4. The Bertz CT molecular complexity index is 1390. The van der Waals surface area contributed by atoms with Gasteiger partial charge in [-0.25, -0.2) is 4.39 Å². The predicted octanol–water partition coefficient (Wildman–Crippen LogP) is 9.28. The topological polar surface area (TPSA) is 53.1 Å². The van der Waals surface area contributed by atoms with Crippen LogP contribution in [0.1, 0.15) is 89.6 Å². The van der Waals surface area contributed by atoms with Crippen LogP contribution in [0.5, 0.6) is 0 Å². The van der Waals surface area contributed by atoms with Gasteiger partial charge >= 0.3 is 0 Å². The molecule has 10 heteroatoms. The summed E-state index contributed by atoms with van der Waals surface area (Å²) >= 11 is 13.7. The van der Waals surface area contributed by atoms with Crippen molar-refractivity contribution in [3.8, 4) is 11.1 Å². The molecule has 1 saturated carbocycles. The molecule has 3 fully saturated rings. The molecule has 0 bridgehead atoms. The zero-order valence-electron chi connectivity index (χ0n) is 30.3. The average Bonchev–Trinajstić information content (AvgIpc) is 3.44. The Kier molecular flexibility index (Phi) is 12.9. The molecule has 0 N–H and O–H groups in total. The molecule has 2 aromatic carbocycles. The van der Waals surface area contributed by atoms with Gasteiger partial charge < -0.3 is 14.2 Å². The predicted molar refractivity (Wildman–Crippen MR) is 202 cm³/mol. The third-order valence-electron chi connectivity index (χ3n) is 11.6. The number of amides is 2. The van der Waals surface area contributed by atoms with E-state index in [1.54, 1.807) is 0 Å². The van der Waals surface area contributed by atoms with Gasteiger partial charge in [0.15, 0.2) is 0 Å². The van der Waals surface area contributed by atoms with E-state index in [0.717, 1.165) is 55.3 Å². The molecule has 2 heterocycles. The van der Waals surface area contributed by atoms with Crippen molar-refractivity contribution in [1.29, 1.82) is 0 Å². The molecule has 1 unspecified atom stereocenters. The second kappa shape index (κ2) is 16.6. The molecule has 0 spiro atoms. The molecule has 2 aliphatic heterocycles. The Morgan fingerprint density at radius 1 is 0.837 bits per heavy atom. The highest BCUT2D eigenvalue weighted by atomic mass is 35.5. The van der Waals surface area contributed by atoms with Gasteiger partial charge in [0, 0.05) is 72.9 Å². The number of piperazine rings is 1. The number of likely N-dealkylation sites (tertiary alicyclic amines) is 1. The molecule has 3 aliphatic rings. The molecular weight excluding hydrogens is 676 g/mol. The summed E-state index contributed by atoms with van der Waals surface area (Å²) in [7, 11) is -1.92. The van der Waals surface area contributed by atoms with Crippen LogP contribution in [0.3, 0.4) is 0 Å². The summed E-state index contributed by atoms with van der Waals surface area (Å²) in [6.07, 6.45) is 5.68. The standard InChI is InChI=1S/C39H56Cl2FN3O3Si/c1-26(2)49(27(3)4,28(5)6)48-34-13-11-33(12-14-34)45-17-15-31(39(45)47)23-35-36(40)24-32(25-37(35)41)29-7-9-30(10-8-29)38(46)44-21-19-43(18-16-42)20-22-44/h7-10,24-28,31,33-34H,11-23H2,1-6H3/t31?,33-,34+. The Balaban J connectivity index is 1.17. The second-order valence-electron chi connectivity index (χ2n) is 15.4. The molecule has 1 aliphatic carbocycles. The van der Waals surface area contributed by atoms with Crippen LogP contribution in [-0.2, 0) is 15.6 Å². The van der Waals surface area contributed by atoms with Gasteiger partial charge in [0.1, 0.15) is 6.67 Å². The van der Waals surface area contributed by atoms with Gasteiger partial charge in [0.05, 0.1) is 0 Å². The molecule has 270 valence electrons. The van der Waals surface area contributed by atoms with E-state index in [2.05, 4.69) is 46.4 Å². The summed E-state index contributed by atoms with van der Waals surface area (Å²) in [4.78, 5) is 32.8. The van der Waals surface area contributed by atoms with Gasteiger partial charge in [-0.2, -0.15) is 0 Å². The van der Waals surface area contributed by atoms with Crippen LogP contribution in [0.2, 0.25) is 26.7 Å². The number of halogens is 3. The maximum Gasteiger partial charge on any atom is 0.253 e. The SMILES string of the molecule is CC(C)[Si](O[C@H]1CC[C@@H](N2CCC(Cc3c(Cl)cc(-c4ccc(C(=O)N5CCN(CCF)CC5)cc4)cc3Cl)C2=O)CC1)(C(C)C)C(C)C. The van der Waals surface area contributed by atoms with Crippen molar-refractivity contribution in [2.75, 3.05) is 45.9 Å². The molecule has 2 aromatic rings. The lowest BCUT2D eigenvalue weighted by Crippen LogP contribution is -2.51. The van der Waals surface area contributed by atoms with Gasteiger partial charge in [0.2, 0.25) is 14.2 Å². The summed E-state index contributed by atoms with van der Waals surface area (Å²) in [5, 5.41) is 1.12. The van der Waals surface area contributed by atoms with Crippen LogP contribution >= 0.6 is 23.2 Å². The lowest BCUT2D eigenvalue weighted by molar-refractivity contribution is -0.133. The number of nitrogens with zero attached hydrogens (tertiary/aromatic N) is 3. The van der Waals surface area contributed by atoms with Crippen molar-refractivity contribution in [2.45, 2.75) is 109 Å². The van der Waals surface area contributed by atoms with E-state index in [-0.39, 0.29) is 30.4 Å². The smallest absolute Gasteiger partial charge is 0.253 e. The van der Waals surface area contributed by atoms with Gasteiger partial charge in [-0.1, -0.05) is 76.9 Å². The monoisotopic (exact) mass is 731 g/mol. The van der Waals surface area contributed by atoms with Crippen molar-refractivity contribution < 1.29 is 18.4 Å². The Morgan fingerprint density at radius 2 is 1.41 bits per heavy atom. The maximum atomic E-state index is 13.7. The summed E-state index contributed by atoms with van der Waals surface area (Å²) in [5.41, 5.74) is 4.95. The number of carbonyl (C=O) groups excluding carboxylic acids is 2. The zero-order chi connectivity index (χ0) is 35.5. The molecule has 0 aromatic heterocycles. The molecule has 6 nitrogen and oxygen atoms in total. The third kappa shape index (κ3) is 8.41. The zero-order valence-corrected chi connectivity index (χ0v) is 32.8. The van der Waals surface area contributed by atoms with Crippen molar-refractivity contribution in [2.24, 2.45) is 5.92 Å². The molecule has 2 amide bonds. The Morgan fingerprint density at radius 3 is 1.94 bits per heavy atom. The summed E-state index contributed by atoms with van der Waals surface area (Å²) in [6.45, 7) is 17.5. The lowest BCUT2D eigenvalue weighted by Gasteiger charge is -2.46. The summed E-state index contributed by atoms with van der Waals surface area (Å²) in [6, 6.07) is 11.6. The van der Waals surface area contributed by atoms with Crippen LogP contribution in [0.15, 0.2) is 36.4 Å². The van der Waals surface area contributed by atoms with Crippen LogP contribution < -0.4 is 0 Å². The number of hydrogen-bond donors (Lipinski definition) is 0. The fraction of sp³-hybridized carbons (Fsp3) is 0.641. The fourth-order valence-corrected chi connectivity index (χ4v) is 15.3. The molecule has 49 heavy (non-hydrogen) atoms. The van der Waals surface area contributed by atoms with Crippen LogP contribution in [0.25, 0.3) is 11.1 Å². The van der Waals surface area contributed by atoms with Gasteiger partial charge in [-0.15, -0.1) is 0 Å². The molecule has 2 saturated heterocycles. The van der Waals surface area contributed by atoms with E-state index in [0.29, 0.717) is 77.5 Å². The van der Waals surface area contributed by atoms with E-state index < -0.39 is 8.32 Å². The van der Waals surface area contributed by atoms with Crippen molar-refractivity contribution in [3.05, 3.63) is 57.6 Å². The Labute approximate surface area is 304 Å². The number of alkyl halides is 1. The largest absolute Gasteiger partial charge is 0.413 e. The van der Waals surface area contributed by atoms with Gasteiger partial charge in [-0.3, -0.25) is 14.5 Å². The minimum Gasteiger partial charge on any atom is -0.413 e. The van der Waals surface area contributed by atoms with Gasteiger partial charge in [-0.05, 0) is 96.1 Å². The van der Waals surface area contributed by atoms with E-state index in [1.807, 2.05) is 46.2 Å².